The molecule has 0 aromatic rings. The fourth-order valence-corrected chi connectivity index (χ4v) is 1.76. The number of hydrogen-bond donors (Lipinski definition) is 1. The van der Waals surface area contributed by atoms with Crippen LogP contribution in [0.5, 0.6) is 0 Å². The molecule has 16 heavy (non-hydrogen) atoms. The van der Waals surface area contributed by atoms with E-state index in [1.165, 1.54) is 0 Å². The molecule has 0 aromatic heterocycles. The van der Waals surface area contributed by atoms with Crippen LogP contribution in [0.25, 0.3) is 0 Å². The summed E-state index contributed by atoms with van der Waals surface area (Å²) < 4.78 is 5.51. The number of likely N-dealkylation sites (N-methyl/N-ethyl adjacent to an activating group) is 1. The summed E-state index contributed by atoms with van der Waals surface area (Å²) in [4.78, 5) is 23.4. The maximum atomic E-state index is 11.5. The largest absolute Gasteiger partial charge is 0.481 e. The Kier molecular flexibility index (Phi) is 5.25. The Balaban J connectivity index is 2.24. The molecule has 1 aliphatic rings. The molecular weight excluding hydrogens is 210 g/mol. The normalized spacial score (nSPS) is 20.4. The lowest BCUT2D eigenvalue weighted by Crippen LogP contribution is -2.37. The van der Waals surface area contributed by atoms with Crippen molar-refractivity contribution >= 4 is 11.9 Å². The van der Waals surface area contributed by atoms with Gasteiger partial charge in [-0.2, -0.15) is 0 Å². The third kappa shape index (κ3) is 4.61. The molecule has 1 saturated heterocycles. The minimum Gasteiger partial charge on any atom is -0.481 e. The number of aliphatic carboxylic acids is 1. The highest BCUT2D eigenvalue weighted by molar-refractivity contribution is 5.80. The summed E-state index contributed by atoms with van der Waals surface area (Å²) in [5.41, 5.74) is 0. The molecule has 1 heterocycles. The Bertz CT molecular complexity index is 248. The molecule has 5 nitrogen and oxygen atoms in total. The number of rotatable bonds is 5. The van der Waals surface area contributed by atoms with Crippen LogP contribution in [0.1, 0.15) is 32.1 Å². The van der Waals surface area contributed by atoms with Gasteiger partial charge in [-0.25, -0.2) is 0 Å². The van der Waals surface area contributed by atoms with E-state index in [0.29, 0.717) is 6.54 Å². The van der Waals surface area contributed by atoms with Gasteiger partial charge in [-0.05, 0) is 19.3 Å². The van der Waals surface area contributed by atoms with Gasteiger partial charge in [0.05, 0.1) is 12.5 Å². The van der Waals surface area contributed by atoms with Gasteiger partial charge in [-0.1, -0.05) is 0 Å². The molecule has 1 atom stereocenters. The number of nitrogens with zero attached hydrogens (tertiary/aromatic N) is 1. The van der Waals surface area contributed by atoms with Crippen molar-refractivity contribution in [3.8, 4) is 0 Å². The van der Waals surface area contributed by atoms with Crippen LogP contribution in [0.15, 0.2) is 0 Å². The second-order valence-corrected chi connectivity index (χ2v) is 4.16. The highest BCUT2D eigenvalue weighted by Crippen LogP contribution is 2.13. The topological polar surface area (TPSA) is 66.8 Å². The van der Waals surface area contributed by atoms with Crippen molar-refractivity contribution in [2.75, 3.05) is 20.2 Å². The van der Waals surface area contributed by atoms with E-state index < -0.39 is 5.97 Å². The van der Waals surface area contributed by atoms with E-state index in [2.05, 4.69) is 0 Å². The number of carbonyl (C=O) groups excluding carboxylic acids is 1. The second-order valence-electron chi connectivity index (χ2n) is 4.16. The third-order valence-corrected chi connectivity index (χ3v) is 2.73. The molecular formula is C11H19NO4. The number of hydrogen-bond acceptors (Lipinski definition) is 3. The lowest BCUT2D eigenvalue weighted by Gasteiger charge is -2.27. The summed E-state index contributed by atoms with van der Waals surface area (Å²) >= 11 is 0. The minimum absolute atomic E-state index is 0.0680. The summed E-state index contributed by atoms with van der Waals surface area (Å²) in [5, 5.41) is 8.47. The van der Waals surface area contributed by atoms with Crippen LogP contribution in [-0.2, 0) is 14.3 Å². The van der Waals surface area contributed by atoms with Gasteiger partial charge in [0.15, 0.2) is 0 Å². The Labute approximate surface area is 95.4 Å². The SMILES string of the molecule is CN(CC1CCCCO1)C(=O)CCC(=O)O. The fourth-order valence-electron chi connectivity index (χ4n) is 1.76. The summed E-state index contributed by atoms with van der Waals surface area (Å²) in [7, 11) is 1.70. The van der Waals surface area contributed by atoms with E-state index in [4.69, 9.17) is 9.84 Å². The molecule has 1 N–H and O–H groups in total. The molecule has 1 aliphatic heterocycles. The van der Waals surface area contributed by atoms with Gasteiger partial charge in [-0.3, -0.25) is 9.59 Å². The van der Waals surface area contributed by atoms with Gasteiger partial charge in [0, 0.05) is 26.6 Å². The number of amides is 1. The van der Waals surface area contributed by atoms with Gasteiger partial charge in [0.2, 0.25) is 5.91 Å². The average molecular weight is 229 g/mol. The smallest absolute Gasteiger partial charge is 0.303 e. The van der Waals surface area contributed by atoms with Crippen LogP contribution in [0.2, 0.25) is 0 Å². The average Bonchev–Trinajstić information content (AvgIpc) is 2.27. The Morgan fingerprint density at radius 3 is 2.69 bits per heavy atom. The number of ether oxygens (including phenoxy) is 1. The van der Waals surface area contributed by atoms with Crippen molar-refractivity contribution in [3.05, 3.63) is 0 Å². The molecule has 0 radical (unpaired) electrons. The second kappa shape index (κ2) is 6.48. The van der Waals surface area contributed by atoms with E-state index in [-0.39, 0.29) is 24.9 Å². The van der Waals surface area contributed by atoms with Crippen molar-refractivity contribution < 1.29 is 19.4 Å². The molecule has 1 amide bonds. The van der Waals surface area contributed by atoms with Crippen LogP contribution in [0, 0.1) is 0 Å². The zero-order valence-electron chi connectivity index (χ0n) is 9.65. The highest BCUT2D eigenvalue weighted by Gasteiger charge is 2.18. The van der Waals surface area contributed by atoms with Crippen molar-refractivity contribution in [2.45, 2.75) is 38.2 Å². The van der Waals surface area contributed by atoms with E-state index in [1.54, 1.807) is 11.9 Å². The molecule has 0 aliphatic carbocycles. The molecule has 0 saturated carbocycles. The van der Waals surface area contributed by atoms with Crippen LogP contribution < -0.4 is 0 Å². The van der Waals surface area contributed by atoms with Gasteiger partial charge in [-0.15, -0.1) is 0 Å². The minimum atomic E-state index is -0.935. The zero-order valence-corrected chi connectivity index (χ0v) is 9.65. The first-order valence-corrected chi connectivity index (χ1v) is 5.67. The first-order chi connectivity index (χ1) is 7.59. The van der Waals surface area contributed by atoms with Crippen molar-refractivity contribution in [2.24, 2.45) is 0 Å². The highest BCUT2D eigenvalue weighted by atomic mass is 16.5. The zero-order chi connectivity index (χ0) is 12.0. The van der Waals surface area contributed by atoms with Crippen molar-refractivity contribution in [1.29, 1.82) is 0 Å². The number of carboxylic acid groups (broad SMARTS) is 1. The molecule has 1 rings (SSSR count). The summed E-state index contributed by atoms with van der Waals surface area (Å²) in [6.07, 6.45) is 3.30. The van der Waals surface area contributed by atoms with Gasteiger partial charge < -0.3 is 14.7 Å². The fraction of sp³-hybridized carbons (Fsp3) is 0.818. The van der Waals surface area contributed by atoms with E-state index >= 15 is 0 Å². The van der Waals surface area contributed by atoms with E-state index in [9.17, 15) is 9.59 Å². The summed E-state index contributed by atoms with van der Waals surface area (Å²) in [6.45, 7) is 1.33. The third-order valence-electron chi connectivity index (χ3n) is 2.73. The van der Waals surface area contributed by atoms with Gasteiger partial charge in [0.1, 0.15) is 0 Å². The molecule has 0 spiro atoms. The molecule has 0 bridgehead atoms. The predicted molar refractivity (Wildman–Crippen MR) is 58.1 cm³/mol. The number of carboxylic acids is 1. The monoisotopic (exact) mass is 229 g/mol. The number of carbonyl (C=O) groups is 2. The van der Waals surface area contributed by atoms with Crippen molar-refractivity contribution in [3.63, 3.8) is 0 Å². The van der Waals surface area contributed by atoms with E-state index in [1.807, 2.05) is 0 Å². The van der Waals surface area contributed by atoms with Crippen LogP contribution in [-0.4, -0.2) is 48.2 Å². The summed E-state index contributed by atoms with van der Waals surface area (Å²) in [5.74, 6) is -1.06. The Hall–Kier alpha value is -1.10. The molecule has 1 unspecified atom stereocenters. The maximum absolute atomic E-state index is 11.5. The molecule has 5 heteroatoms. The Morgan fingerprint density at radius 2 is 2.12 bits per heavy atom. The van der Waals surface area contributed by atoms with Crippen LogP contribution in [0.4, 0.5) is 0 Å². The van der Waals surface area contributed by atoms with Gasteiger partial charge >= 0.3 is 5.97 Å². The van der Waals surface area contributed by atoms with E-state index in [0.717, 1.165) is 25.9 Å². The maximum Gasteiger partial charge on any atom is 0.303 e. The first kappa shape index (κ1) is 13.0. The van der Waals surface area contributed by atoms with Gasteiger partial charge in [0.25, 0.3) is 0 Å². The van der Waals surface area contributed by atoms with Crippen LogP contribution >= 0.6 is 0 Å². The quantitative estimate of drug-likeness (QED) is 0.760. The molecule has 0 aromatic carbocycles. The summed E-state index contributed by atoms with van der Waals surface area (Å²) in [6, 6.07) is 0. The Morgan fingerprint density at radius 1 is 1.38 bits per heavy atom. The standard InChI is InChI=1S/C11H19NO4/c1-12(10(13)5-6-11(14)15)8-9-4-2-3-7-16-9/h9H,2-8H2,1H3,(H,14,15). The molecule has 92 valence electrons. The predicted octanol–water partition coefficient (Wildman–Crippen LogP) is 0.879. The first-order valence-electron chi connectivity index (χ1n) is 5.67. The van der Waals surface area contributed by atoms with Crippen molar-refractivity contribution in [1.82, 2.24) is 4.90 Å². The lowest BCUT2D eigenvalue weighted by atomic mass is 10.1. The lowest BCUT2D eigenvalue weighted by molar-refractivity contribution is -0.141. The van der Waals surface area contributed by atoms with Crippen LogP contribution in [0.3, 0.4) is 0 Å². The molecule has 1 fully saturated rings.